The van der Waals surface area contributed by atoms with Crippen molar-refractivity contribution in [2.75, 3.05) is 7.05 Å². The molecular weight excluding hydrogens is 288 g/mol. The number of nitrogens with zero attached hydrogens (tertiary/aromatic N) is 2. The first-order valence-electron chi connectivity index (χ1n) is 6.79. The normalized spacial score (nSPS) is 12.0. The Morgan fingerprint density at radius 2 is 1.90 bits per heavy atom. The zero-order valence-corrected chi connectivity index (χ0v) is 13.0. The van der Waals surface area contributed by atoms with E-state index >= 15 is 0 Å². The Bertz CT molecular complexity index is 671. The fraction of sp³-hybridized carbons (Fsp3) is 0.333. The van der Waals surface area contributed by atoms with E-state index in [2.05, 4.69) is 0 Å². The maximum absolute atomic E-state index is 12.6. The first-order chi connectivity index (χ1) is 9.98. The third-order valence-electron chi connectivity index (χ3n) is 3.42. The molecule has 1 N–H and O–H groups in total. The second-order valence-electron chi connectivity index (χ2n) is 4.86. The fourth-order valence-electron chi connectivity index (χ4n) is 2.20. The minimum atomic E-state index is -3.56. The molecule has 6 heteroatoms. The third-order valence-corrected chi connectivity index (χ3v) is 5.19. The number of aryl methyl sites for hydroxylation is 1. The van der Waals surface area contributed by atoms with E-state index in [1.54, 1.807) is 17.8 Å². The van der Waals surface area contributed by atoms with E-state index in [0.29, 0.717) is 18.8 Å². The number of aliphatic hydroxyl groups is 1. The van der Waals surface area contributed by atoms with E-state index < -0.39 is 10.0 Å². The molecule has 0 fully saturated rings. The van der Waals surface area contributed by atoms with Crippen LogP contribution in [0.15, 0.2) is 47.5 Å². The van der Waals surface area contributed by atoms with Gasteiger partial charge in [0.1, 0.15) is 4.90 Å². The lowest BCUT2D eigenvalue weighted by Gasteiger charge is -2.16. The summed E-state index contributed by atoms with van der Waals surface area (Å²) in [5.41, 5.74) is 1.53. The topological polar surface area (TPSA) is 62.5 Å². The number of benzene rings is 1. The van der Waals surface area contributed by atoms with Gasteiger partial charge in [-0.25, -0.2) is 8.42 Å². The second kappa shape index (κ2) is 6.43. The predicted octanol–water partition coefficient (Wildman–Crippen LogP) is 1.82. The zero-order valence-electron chi connectivity index (χ0n) is 12.2. The molecule has 2 rings (SSSR count). The van der Waals surface area contributed by atoms with Crippen LogP contribution in [0, 0.1) is 0 Å². The lowest BCUT2D eigenvalue weighted by atomic mass is 10.2. The van der Waals surface area contributed by atoms with E-state index in [1.807, 2.05) is 37.3 Å². The Labute approximate surface area is 125 Å². The molecule has 21 heavy (non-hydrogen) atoms. The number of hydrogen-bond acceptors (Lipinski definition) is 3. The van der Waals surface area contributed by atoms with Crippen molar-refractivity contribution in [1.82, 2.24) is 8.87 Å². The first-order valence-corrected chi connectivity index (χ1v) is 8.23. The lowest BCUT2D eigenvalue weighted by molar-refractivity contribution is 0.271. The largest absolute Gasteiger partial charge is 0.390 e. The van der Waals surface area contributed by atoms with Crippen LogP contribution in [0.25, 0.3) is 0 Å². The van der Waals surface area contributed by atoms with Crippen molar-refractivity contribution < 1.29 is 13.5 Å². The highest BCUT2D eigenvalue weighted by atomic mass is 32.2. The van der Waals surface area contributed by atoms with Crippen LogP contribution in [0.1, 0.15) is 18.2 Å². The molecular formula is C15H20N2O3S. The number of hydrogen-bond donors (Lipinski definition) is 1. The van der Waals surface area contributed by atoms with Crippen molar-refractivity contribution in [3.63, 3.8) is 0 Å². The maximum atomic E-state index is 12.6. The minimum Gasteiger partial charge on any atom is -0.390 e. The minimum absolute atomic E-state index is 0.175. The van der Waals surface area contributed by atoms with Crippen LogP contribution < -0.4 is 0 Å². The van der Waals surface area contributed by atoms with Crippen molar-refractivity contribution in [1.29, 1.82) is 0 Å². The Balaban J connectivity index is 2.26. The molecule has 1 aromatic heterocycles. The summed E-state index contributed by atoms with van der Waals surface area (Å²) in [6.45, 7) is 2.66. The summed E-state index contributed by atoms with van der Waals surface area (Å²) in [4.78, 5) is 0.215. The van der Waals surface area contributed by atoms with Crippen LogP contribution in [0.5, 0.6) is 0 Å². The maximum Gasteiger partial charge on any atom is 0.244 e. The predicted molar refractivity (Wildman–Crippen MR) is 81.1 cm³/mol. The average Bonchev–Trinajstić information content (AvgIpc) is 2.92. The van der Waals surface area contributed by atoms with E-state index in [0.717, 1.165) is 5.56 Å². The van der Waals surface area contributed by atoms with E-state index in [-0.39, 0.29) is 11.5 Å². The molecule has 1 heterocycles. The van der Waals surface area contributed by atoms with Crippen LogP contribution >= 0.6 is 0 Å². The monoisotopic (exact) mass is 308 g/mol. The Morgan fingerprint density at radius 1 is 1.24 bits per heavy atom. The molecule has 0 saturated carbocycles. The van der Waals surface area contributed by atoms with Gasteiger partial charge in [0.15, 0.2) is 0 Å². The molecule has 0 bridgehead atoms. The molecule has 0 aliphatic carbocycles. The average molecular weight is 308 g/mol. The number of aromatic nitrogens is 1. The van der Waals surface area contributed by atoms with Gasteiger partial charge in [-0.1, -0.05) is 30.3 Å². The van der Waals surface area contributed by atoms with Crippen LogP contribution in [-0.2, 0) is 29.7 Å². The Morgan fingerprint density at radius 3 is 2.43 bits per heavy atom. The molecule has 0 spiro atoms. The zero-order chi connectivity index (χ0) is 15.5. The summed E-state index contributed by atoms with van der Waals surface area (Å²) >= 11 is 0. The fourth-order valence-corrected chi connectivity index (χ4v) is 3.42. The van der Waals surface area contributed by atoms with Gasteiger partial charge < -0.3 is 9.67 Å². The molecule has 0 unspecified atom stereocenters. The molecule has 114 valence electrons. The van der Waals surface area contributed by atoms with Gasteiger partial charge in [0.2, 0.25) is 10.0 Å². The van der Waals surface area contributed by atoms with Crippen molar-refractivity contribution in [2.24, 2.45) is 0 Å². The van der Waals surface area contributed by atoms with Gasteiger partial charge in [-0.15, -0.1) is 0 Å². The van der Waals surface area contributed by atoms with E-state index in [9.17, 15) is 13.5 Å². The smallest absolute Gasteiger partial charge is 0.244 e. The summed E-state index contributed by atoms with van der Waals surface area (Å²) in [6.07, 6.45) is 1.57. The Kier molecular flexibility index (Phi) is 4.82. The third kappa shape index (κ3) is 3.34. The highest BCUT2D eigenvalue weighted by Crippen LogP contribution is 2.20. The molecule has 0 amide bonds. The van der Waals surface area contributed by atoms with Gasteiger partial charge in [0.25, 0.3) is 0 Å². The molecule has 2 aromatic rings. The summed E-state index contributed by atoms with van der Waals surface area (Å²) in [5.74, 6) is 0. The van der Waals surface area contributed by atoms with Gasteiger partial charge in [0, 0.05) is 32.0 Å². The standard InChI is InChI=1S/C15H20N2O3S/c1-3-17-11-15(9-14(17)12-18)21(19,20)16(2)10-13-7-5-4-6-8-13/h4-9,11,18H,3,10,12H2,1-2H3. The quantitative estimate of drug-likeness (QED) is 0.885. The molecule has 0 radical (unpaired) electrons. The number of sulfonamides is 1. The molecule has 1 aromatic carbocycles. The van der Waals surface area contributed by atoms with Crippen LogP contribution in [0.2, 0.25) is 0 Å². The van der Waals surface area contributed by atoms with Crippen LogP contribution in [0.4, 0.5) is 0 Å². The summed E-state index contributed by atoms with van der Waals surface area (Å²) in [7, 11) is -2.00. The van der Waals surface area contributed by atoms with Crippen molar-refractivity contribution in [2.45, 2.75) is 31.5 Å². The van der Waals surface area contributed by atoms with Gasteiger partial charge in [-0.3, -0.25) is 0 Å². The second-order valence-corrected chi connectivity index (χ2v) is 6.90. The first kappa shape index (κ1) is 15.8. The van der Waals surface area contributed by atoms with Crippen LogP contribution in [0.3, 0.4) is 0 Å². The van der Waals surface area contributed by atoms with Crippen molar-refractivity contribution in [3.05, 3.63) is 53.9 Å². The van der Waals surface area contributed by atoms with Gasteiger partial charge >= 0.3 is 0 Å². The molecule has 5 nitrogen and oxygen atoms in total. The van der Waals surface area contributed by atoms with Crippen LogP contribution in [-0.4, -0.2) is 29.4 Å². The Hall–Kier alpha value is -1.63. The van der Waals surface area contributed by atoms with E-state index in [4.69, 9.17) is 0 Å². The molecule has 0 aliphatic rings. The van der Waals surface area contributed by atoms with Crippen molar-refractivity contribution in [3.8, 4) is 0 Å². The van der Waals surface area contributed by atoms with Crippen molar-refractivity contribution >= 4 is 10.0 Å². The SMILES string of the molecule is CCn1cc(S(=O)(=O)N(C)Cc2ccccc2)cc1CO. The van der Waals surface area contributed by atoms with Gasteiger partial charge in [-0.05, 0) is 18.6 Å². The summed E-state index contributed by atoms with van der Waals surface area (Å²) in [6, 6.07) is 11.0. The van der Waals surface area contributed by atoms with Gasteiger partial charge in [0.05, 0.1) is 6.61 Å². The number of rotatable bonds is 6. The van der Waals surface area contributed by atoms with Gasteiger partial charge in [-0.2, -0.15) is 4.31 Å². The highest BCUT2D eigenvalue weighted by Gasteiger charge is 2.23. The molecule has 0 saturated heterocycles. The summed E-state index contributed by atoms with van der Waals surface area (Å²) < 4.78 is 28.2. The van der Waals surface area contributed by atoms with E-state index in [1.165, 1.54) is 10.4 Å². The molecule has 0 atom stereocenters. The summed E-state index contributed by atoms with van der Waals surface area (Å²) in [5, 5.41) is 9.27. The lowest BCUT2D eigenvalue weighted by Crippen LogP contribution is -2.26. The highest BCUT2D eigenvalue weighted by molar-refractivity contribution is 7.89. The number of aliphatic hydroxyl groups excluding tert-OH is 1. The molecule has 0 aliphatic heterocycles.